The lowest BCUT2D eigenvalue weighted by Crippen LogP contribution is -2.50. The molecule has 0 aromatic carbocycles. The Morgan fingerprint density at radius 3 is 2.86 bits per heavy atom. The molecule has 0 aliphatic carbocycles. The first kappa shape index (κ1) is 15.2. The molecular formula is C11H14FN3O6. The number of aliphatic hydroxyl groups is 1. The lowest BCUT2D eigenvalue weighted by molar-refractivity contribution is -0.219. The van der Waals surface area contributed by atoms with Crippen LogP contribution in [0.25, 0.3) is 0 Å². The summed E-state index contributed by atoms with van der Waals surface area (Å²) in [4.78, 5) is 40.0. The van der Waals surface area contributed by atoms with E-state index >= 15 is 0 Å². The van der Waals surface area contributed by atoms with Crippen molar-refractivity contribution in [3.8, 4) is 0 Å². The van der Waals surface area contributed by atoms with Crippen molar-refractivity contribution in [2.24, 2.45) is 0 Å². The molecule has 2 aliphatic rings. The van der Waals surface area contributed by atoms with E-state index in [1.807, 2.05) is 0 Å². The quantitative estimate of drug-likeness (QED) is 0.433. The normalized spacial score (nSPS) is 25.7. The Balaban J connectivity index is 2.19. The van der Waals surface area contributed by atoms with Gasteiger partial charge in [-0.05, 0) is 12.5 Å². The number of aliphatic carboxylic acids is 1. The molecule has 2 rings (SSSR count). The van der Waals surface area contributed by atoms with Gasteiger partial charge < -0.3 is 20.4 Å². The maximum atomic E-state index is 13.1. The van der Waals surface area contributed by atoms with Crippen molar-refractivity contribution in [2.45, 2.75) is 25.4 Å². The summed E-state index contributed by atoms with van der Waals surface area (Å²) >= 11 is 0. The van der Waals surface area contributed by atoms with Gasteiger partial charge in [0.05, 0.1) is 12.6 Å². The number of carbonyl (C=O) groups excluding carboxylic acids is 2. The fourth-order valence-corrected chi connectivity index (χ4v) is 2.39. The van der Waals surface area contributed by atoms with E-state index in [0.29, 0.717) is 10.6 Å². The number of aliphatic hydroxyl groups excluding tert-OH is 1. The van der Waals surface area contributed by atoms with Crippen LogP contribution in [0, 0.1) is 0 Å². The summed E-state index contributed by atoms with van der Waals surface area (Å²) < 4.78 is 13.1. The van der Waals surface area contributed by atoms with Crippen molar-refractivity contribution in [2.75, 3.05) is 13.3 Å². The van der Waals surface area contributed by atoms with Gasteiger partial charge in [-0.1, -0.05) is 6.08 Å². The fourth-order valence-electron chi connectivity index (χ4n) is 2.39. The van der Waals surface area contributed by atoms with Crippen molar-refractivity contribution in [1.29, 1.82) is 0 Å². The zero-order valence-corrected chi connectivity index (χ0v) is 11.0. The van der Waals surface area contributed by atoms with Gasteiger partial charge in [0.25, 0.3) is 0 Å². The molecule has 0 aromatic heterocycles. The Bertz CT molecular complexity index is 510. The first-order valence-corrected chi connectivity index (χ1v) is 6.07. The number of alkyl halides is 1. The number of nitrogens with zero attached hydrogens (tertiary/aromatic N) is 2. The maximum absolute atomic E-state index is 13.1. The minimum atomic E-state index is -2.67. The molecule has 2 bridgehead atoms. The molecule has 0 saturated carbocycles. The molecular weight excluding hydrogens is 289 g/mol. The van der Waals surface area contributed by atoms with Crippen LogP contribution in [0.5, 0.6) is 0 Å². The SMILES string of the molecule is CC1=C[C@@H]2CN(C(=O)N2OC(F)C(=O)O)[C@@H]1C(=O)NCO. The van der Waals surface area contributed by atoms with Crippen LogP contribution in [-0.2, 0) is 14.4 Å². The predicted molar refractivity (Wildman–Crippen MR) is 64.1 cm³/mol. The summed E-state index contributed by atoms with van der Waals surface area (Å²) in [7, 11) is 0. The van der Waals surface area contributed by atoms with E-state index in [4.69, 9.17) is 10.2 Å². The van der Waals surface area contributed by atoms with E-state index in [0.717, 1.165) is 4.90 Å². The molecule has 3 amide bonds. The molecule has 3 N–H and O–H groups in total. The summed E-state index contributed by atoms with van der Waals surface area (Å²) in [6.07, 6.45) is -1.15. The van der Waals surface area contributed by atoms with Gasteiger partial charge in [0.15, 0.2) is 0 Å². The minimum absolute atomic E-state index is 0.0615. The molecule has 116 valence electrons. The molecule has 0 radical (unpaired) electrons. The Labute approximate surface area is 118 Å². The van der Waals surface area contributed by atoms with Gasteiger partial charge in [-0.3, -0.25) is 4.79 Å². The summed E-state index contributed by atoms with van der Waals surface area (Å²) in [6.45, 7) is 1.08. The van der Waals surface area contributed by atoms with E-state index in [-0.39, 0.29) is 6.54 Å². The number of hydroxylamine groups is 2. The highest BCUT2D eigenvalue weighted by Crippen LogP contribution is 2.30. The molecule has 9 nitrogen and oxygen atoms in total. The van der Waals surface area contributed by atoms with Crippen LogP contribution < -0.4 is 5.32 Å². The highest BCUT2D eigenvalue weighted by molar-refractivity contribution is 5.91. The lowest BCUT2D eigenvalue weighted by atomic mass is 10.0. The van der Waals surface area contributed by atoms with Crippen LogP contribution in [0.4, 0.5) is 9.18 Å². The van der Waals surface area contributed by atoms with Gasteiger partial charge in [0.2, 0.25) is 5.91 Å². The molecule has 1 unspecified atom stereocenters. The molecule has 1 fully saturated rings. The topological polar surface area (TPSA) is 119 Å². The number of carboxylic acids is 1. The molecule has 0 spiro atoms. The second kappa shape index (κ2) is 5.66. The summed E-state index contributed by atoms with van der Waals surface area (Å²) in [6, 6.07) is -2.43. The monoisotopic (exact) mass is 303 g/mol. The largest absolute Gasteiger partial charge is 0.477 e. The molecule has 2 heterocycles. The summed E-state index contributed by atoms with van der Waals surface area (Å²) in [5.74, 6) is -2.44. The fraction of sp³-hybridized carbons (Fsp3) is 0.545. The third kappa shape index (κ3) is 2.67. The number of carboxylic acid groups (broad SMARTS) is 1. The zero-order valence-electron chi connectivity index (χ0n) is 11.0. The van der Waals surface area contributed by atoms with Crippen LogP contribution in [0.2, 0.25) is 0 Å². The van der Waals surface area contributed by atoms with E-state index in [1.165, 1.54) is 6.08 Å². The number of carbonyl (C=O) groups is 3. The Morgan fingerprint density at radius 1 is 1.62 bits per heavy atom. The van der Waals surface area contributed by atoms with E-state index in [2.05, 4.69) is 10.2 Å². The zero-order chi connectivity index (χ0) is 15.7. The number of hydrogen-bond donors (Lipinski definition) is 3. The average Bonchev–Trinajstić information content (AvgIpc) is 2.64. The summed E-state index contributed by atoms with van der Waals surface area (Å²) in [5.41, 5.74) is 0.516. The van der Waals surface area contributed by atoms with E-state index in [9.17, 15) is 18.8 Å². The van der Waals surface area contributed by atoms with Crippen LogP contribution in [-0.4, -0.2) is 69.8 Å². The molecule has 1 saturated heterocycles. The Morgan fingerprint density at radius 2 is 2.29 bits per heavy atom. The summed E-state index contributed by atoms with van der Waals surface area (Å²) in [5, 5.41) is 20.0. The number of urea groups is 1. The predicted octanol–water partition coefficient (Wildman–Crippen LogP) is -1.20. The number of amides is 3. The van der Waals surface area contributed by atoms with E-state index in [1.54, 1.807) is 6.92 Å². The van der Waals surface area contributed by atoms with Crippen molar-refractivity contribution < 1.29 is 33.8 Å². The third-order valence-electron chi connectivity index (χ3n) is 3.22. The Kier molecular flexibility index (Phi) is 4.09. The van der Waals surface area contributed by atoms with Gasteiger partial charge in [0.1, 0.15) is 12.8 Å². The molecule has 2 aliphatic heterocycles. The smallest absolute Gasteiger partial charge is 0.368 e. The van der Waals surface area contributed by atoms with Crippen LogP contribution in [0.3, 0.4) is 0 Å². The molecule has 3 atom stereocenters. The third-order valence-corrected chi connectivity index (χ3v) is 3.22. The highest BCUT2D eigenvalue weighted by Gasteiger charge is 2.48. The van der Waals surface area contributed by atoms with E-state index < -0.39 is 43.1 Å². The first-order chi connectivity index (χ1) is 9.86. The number of halogens is 1. The van der Waals surface area contributed by atoms with Crippen LogP contribution >= 0.6 is 0 Å². The maximum Gasteiger partial charge on any atom is 0.368 e. The van der Waals surface area contributed by atoms with Gasteiger partial charge in [-0.15, -0.1) is 0 Å². The van der Waals surface area contributed by atoms with Crippen molar-refractivity contribution in [1.82, 2.24) is 15.3 Å². The molecule has 0 aromatic rings. The van der Waals surface area contributed by atoms with Crippen molar-refractivity contribution >= 4 is 17.9 Å². The minimum Gasteiger partial charge on any atom is -0.477 e. The molecule has 21 heavy (non-hydrogen) atoms. The molecule has 10 heteroatoms. The second-order valence-corrected chi connectivity index (χ2v) is 4.60. The van der Waals surface area contributed by atoms with Gasteiger partial charge in [-0.25, -0.2) is 18.8 Å². The van der Waals surface area contributed by atoms with Gasteiger partial charge in [0, 0.05) is 0 Å². The number of fused-ring (bicyclic) bond motifs is 2. The Hall–Kier alpha value is -2.20. The number of hydrogen-bond acceptors (Lipinski definition) is 5. The lowest BCUT2D eigenvalue weighted by Gasteiger charge is -2.28. The average molecular weight is 303 g/mol. The highest BCUT2D eigenvalue weighted by atomic mass is 19.1. The second-order valence-electron chi connectivity index (χ2n) is 4.60. The number of rotatable bonds is 5. The van der Waals surface area contributed by atoms with Gasteiger partial charge in [-0.2, -0.15) is 5.06 Å². The first-order valence-electron chi connectivity index (χ1n) is 6.07. The van der Waals surface area contributed by atoms with Gasteiger partial charge >= 0.3 is 18.4 Å². The van der Waals surface area contributed by atoms with Crippen LogP contribution in [0.1, 0.15) is 6.92 Å². The number of nitrogens with one attached hydrogen (secondary N) is 1. The van der Waals surface area contributed by atoms with Crippen molar-refractivity contribution in [3.63, 3.8) is 0 Å². The van der Waals surface area contributed by atoms with Crippen molar-refractivity contribution in [3.05, 3.63) is 11.6 Å². The standard InChI is InChI=1S/C11H14FN3O6/c1-5-2-6-3-14(7(5)9(17)13-4-16)11(20)15(6)21-8(12)10(18)19/h2,6-8,16H,3-4H2,1H3,(H,13,17)(H,18,19)/t6-,7+,8?/m1/s1. The van der Waals surface area contributed by atoms with Crippen LogP contribution in [0.15, 0.2) is 11.6 Å².